The van der Waals surface area contributed by atoms with Crippen molar-refractivity contribution in [3.63, 3.8) is 0 Å². The van der Waals surface area contributed by atoms with E-state index in [1.54, 1.807) is 12.3 Å². The zero-order valence-electron chi connectivity index (χ0n) is 16.4. The van der Waals surface area contributed by atoms with Crippen LogP contribution in [0, 0.1) is 0 Å². The molecule has 1 aromatic heterocycles. The van der Waals surface area contributed by atoms with Crippen molar-refractivity contribution in [2.24, 2.45) is 0 Å². The van der Waals surface area contributed by atoms with Gasteiger partial charge in [-0.15, -0.1) is 0 Å². The highest BCUT2D eigenvalue weighted by molar-refractivity contribution is 9.10. The van der Waals surface area contributed by atoms with Gasteiger partial charge in [-0.3, -0.25) is 0 Å². The van der Waals surface area contributed by atoms with Crippen LogP contribution in [0.4, 0.5) is 5.69 Å². The van der Waals surface area contributed by atoms with Crippen molar-refractivity contribution >= 4 is 33.2 Å². The number of pyridine rings is 1. The monoisotopic (exact) mass is 480 g/mol. The average Bonchev–Trinajstić information content (AvgIpc) is 3.19. The van der Waals surface area contributed by atoms with Crippen LogP contribution in [0.1, 0.15) is 31.2 Å². The van der Waals surface area contributed by atoms with Gasteiger partial charge in [0.1, 0.15) is 11.1 Å². The van der Waals surface area contributed by atoms with E-state index >= 15 is 0 Å². The summed E-state index contributed by atoms with van der Waals surface area (Å²) in [5, 5.41) is 0.553. The molecule has 0 saturated carbocycles. The molecule has 0 bridgehead atoms. The van der Waals surface area contributed by atoms with E-state index in [0.29, 0.717) is 17.5 Å². The summed E-state index contributed by atoms with van der Waals surface area (Å²) in [5.74, 6) is 0.512. The number of halogens is 2. The maximum absolute atomic E-state index is 6.19. The molecule has 0 amide bonds. The second-order valence-corrected chi connectivity index (χ2v) is 8.78. The molecular weight excluding hydrogens is 456 g/mol. The Kier molecular flexibility index (Phi) is 7.29. The molecule has 156 valence electrons. The summed E-state index contributed by atoms with van der Waals surface area (Å²) in [7, 11) is 0. The van der Waals surface area contributed by atoms with Crippen LogP contribution in [0.5, 0.6) is 5.88 Å². The summed E-state index contributed by atoms with van der Waals surface area (Å²) in [6, 6.07) is 10.1. The largest absolute Gasteiger partial charge is 0.471 e. The highest BCUT2D eigenvalue weighted by Gasteiger charge is 2.26. The number of aromatic nitrogens is 1. The van der Waals surface area contributed by atoms with E-state index in [4.69, 9.17) is 25.8 Å². The summed E-state index contributed by atoms with van der Waals surface area (Å²) >= 11 is 9.80. The summed E-state index contributed by atoms with van der Waals surface area (Å²) in [5.41, 5.74) is 2.51. The van der Waals surface area contributed by atoms with E-state index in [1.165, 1.54) is 17.7 Å². The lowest BCUT2D eigenvalue weighted by atomic mass is 10.1. The Morgan fingerprint density at radius 2 is 2.17 bits per heavy atom. The van der Waals surface area contributed by atoms with Gasteiger partial charge in [-0.05, 0) is 61.6 Å². The van der Waals surface area contributed by atoms with Gasteiger partial charge < -0.3 is 19.1 Å². The molecule has 1 aromatic carbocycles. The van der Waals surface area contributed by atoms with E-state index in [2.05, 4.69) is 44.0 Å². The van der Waals surface area contributed by atoms with E-state index < -0.39 is 0 Å². The van der Waals surface area contributed by atoms with Crippen LogP contribution >= 0.6 is 27.5 Å². The van der Waals surface area contributed by atoms with Crippen molar-refractivity contribution in [2.75, 3.05) is 31.2 Å². The van der Waals surface area contributed by atoms with Gasteiger partial charge in [0, 0.05) is 35.9 Å². The molecule has 0 spiro atoms. The van der Waals surface area contributed by atoms with Crippen LogP contribution in [0.15, 0.2) is 41.0 Å². The molecule has 2 atom stereocenters. The van der Waals surface area contributed by atoms with Crippen molar-refractivity contribution in [2.45, 2.75) is 44.5 Å². The van der Waals surface area contributed by atoms with E-state index in [-0.39, 0.29) is 12.4 Å². The minimum atomic E-state index is -0.0490. The maximum Gasteiger partial charge on any atom is 0.232 e. The molecule has 7 heteroatoms. The van der Waals surface area contributed by atoms with Crippen LogP contribution in [0.25, 0.3) is 0 Å². The molecule has 2 aliphatic heterocycles. The van der Waals surface area contributed by atoms with Gasteiger partial charge >= 0.3 is 0 Å². The first-order chi connectivity index (χ1) is 14.2. The van der Waals surface area contributed by atoms with E-state index in [9.17, 15) is 0 Å². The Morgan fingerprint density at radius 1 is 1.24 bits per heavy atom. The maximum atomic E-state index is 6.19. The predicted molar refractivity (Wildman–Crippen MR) is 118 cm³/mol. The molecule has 5 nitrogen and oxygen atoms in total. The van der Waals surface area contributed by atoms with Gasteiger partial charge in [-0.2, -0.15) is 0 Å². The molecule has 2 aromatic rings. The standard InChI is InChI=1S/C22H26BrClN2O3/c23-17-6-7-20(16(14-17)9-13-28-21-5-1-2-12-27-21)26-11-8-18(15-26)29-22-19(24)4-3-10-25-22/h3-4,6-7,10,14,18,21H,1-2,5,8-9,11-13,15H2/t18-,21?/m0/s1. The second kappa shape index (κ2) is 10.1. The Morgan fingerprint density at radius 3 is 3.00 bits per heavy atom. The van der Waals surface area contributed by atoms with Gasteiger partial charge in [-0.25, -0.2) is 4.98 Å². The van der Waals surface area contributed by atoms with E-state index in [0.717, 1.165) is 49.9 Å². The molecule has 29 heavy (non-hydrogen) atoms. The zero-order valence-corrected chi connectivity index (χ0v) is 18.7. The van der Waals surface area contributed by atoms with E-state index in [1.807, 2.05) is 6.07 Å². The average molecular weight is 482 g/mol. The first-order valence-electron chi connectivity index (χ1n) is 10.2. The quantitative estimate of drug-likeness (QED) is 0.541. The Labute approximate surface area is 185 Å². The Hall–Kier alpha value is -1.34. The number of anilines is 1. The second-order valence-electron chi connectivity index (χ2n) is 7.45. The SMILES string of the molecule is Clc1cccnc1O[C@H]1CCN(c2ccc(Br)cc2CCOC2CCCCO2)C1. The first-order valence-corrected chi connectivity index (χ1v) is 11.4. The van der Waals surface area contributed by atoms with Gasteiger partial charge in [0.05, 0.1) is 13.2 Å². The predicted octanol–water partition coefficient (Wildman–Crippen LogP) is 5.24. The molecule has 0 radical (unpaired) electrons. The lowest BCUT2D eigenvalue weighted by molar-refractivity contribution is -0.161. The molecular formula is C22H26BrClN2O3. The van der Waals surface area contributed by atoms with Crippen LogP contribution < -0.4 is 9.64 Å². The Balaban J connectivity index is 1.37. The fraction of sp³-hybridized carbons (Fsp3) is 0.500. The van der Waals surface area contributed by atoms with Crippen LogP contribution in [0.2, 0.25) is 5.02 Å². The lowest BCUT2D eigenvalue weighted by Gasteiger charge is -2.24. The summed E-state index contributed by atoms with van der Waals surface area (Å²) in [4.78, 5) is 6.62. The topological polar surface area (TPSA) is 43.8 Å². The lowest BCUT2D eigenvalue weighted by Crippen LogP contribution is -2.26. The molecule has 4 rings (SSSR count). The third kappa shape index (κ3) is 5.63. The molecule has 0 N–H and O–H groups in total. The zero-order chi connectivity index (χ0) is 20.1. The molecule has 2 fully saturated rings. The van der Waals surface area contributed by atoms with Crippen molar-refractivity contribution in [1.82, 2.24) is 4.98 Å². The number of nitrogens with zero attached hydrogens (tertiary/aromatic N) is 2. The minimum Gasteiger partial charge on any atom is -0.471 e. The molecule has 1 unspecified atom stereocenters. The number of benzene rings is 1. The number of hydrogen-bond acceptors (Lipinski definition) is 5. The first kappa shape index (κ1) is 20.9. The van der Waals surface area contributed by atoms with Crippen LogP contribution in [0.3, 0.4) is 0 Å². The van der Waals surface area contributed by atoms with Crippen LogP contribution in [-0.4, -0.2) is 43.7 Å². The van der Waals surface area contributed by atoms with Gasteiger partial charge in [0.2, 0.25) is 5.88 Å². The van der Waals surface area contributed by atoms with Crippen LogP contribution in [-0.2, 0) is 15.9 Å². The third-order valence-electron chi connectivity index (χ3n) is 5.34. The number of rotatable bonds is 7. The fourth-order valence-corrected chi connectivity index (χ4v) is 4.44. The Bertz CT molecular complexity index is 816. The third-order valence-corrected chi connectivity index (χ3v) is 6.12. The molecule has 2 aliphatic rings. The normalized spacial score (nSPS) is 22.1. The molecule has 0 aliphatic carbocycles. The highest BCUT2D eigenvalue weighted by atomic mass is 79.9. The summed E-state index contributed by atoms with van der Waals surface area (Å²) in [6.45, 7) is 3.22. The minimum absolute atomic E-state index is 0.0490. The highest BCUT2D eigenvalue weighted by Crippen LogP contribution is 2.30. The van der Waals surface area contributed by atoms with Crippen molar-refractivity contribution in [3.8, 4) is 5.88 Å². The van der Waals surface area contributed by atoms with Crippen molar-refractivity contribution in [3.05, 3.63) is 51.6 Å². The van der Waals surface area contributed by atoms with Gasteiger partial charge in [-0.1, -0.05) is 27.5 Å². The van der Waals surface area contributed by atoms with Crippen molar-refractivity contribution < 1.29 is 14.2 Å². The summed E-state index contributed by atoms with van der Waals surface area (Å²) < 4.78 is 18.8. The van der Waals surface area contributed by atoms with Gasteiger partial charge in [0.25, 0.3) is 0 Å². The molecule has 3 heterocycles. The van der Waals surface area contributed by atoms with Gasteiger partial charge in [0.15, 0.2) is 6.29 Å². The number of ether oxygens (including phenoxy) is 3. The number of hydrogen-bond donors (Lipinski definition) is 0. The summed E-state index contributed by atoms with van der Waals surface area (Å²) in [6.07, 6.45) is 6.83. The smallest absolute Gasteiger partial charge is 0.232 e. The fourth-order valence-electron chi connectivity index (χ4n) is 3.86. The van der Waals surface area contributed by atoms with Crippen molar-refractivity contribution in [1.29, 1.82) is 0 Å². The molecule has 2 saturated heterocycles.